The molecule has 16 heavy (non-hydrogen) atoms. The van der Waals surface area contributed by atoms with Gasteiger partial charge in [0.15, 0.2) is 0 Å². The summed E-state index contributed by atoms with van der Waals surface area (Å²) in [5, 5.41) is 3.92. The van der Waals surface area contributed by atoms with Crippen LogP contribution < -0.4 is 11.1 Å². The Morgan fingerprint density at radius 3 is 2.50 bits per heavy atom. The van der Waals surface area contributed by atoms with Gasteiger partial charge in [-0.1, -0.05) is 32.6 Å². The second-order valence-corrected chi connectivity index (χ2v) is 6.15. The molecular formula is C14H28N2. The van der Waals surface area contributed by atoms with Gasteiger partial charge in [-0.3, -0.25) is 0 Å². The number of rotatable bonds is 3. The van der Waals surface area contributed by atoms with Crippen molar-refractivity contribution in [3.05, 3.63) is 0 Å². The maximum Gasteiger partial charge on any atom is 0.0306 e. The summed E-state index contributed by atoms with van der Waals surface area (Å²) in [6.45, 7) is 3.22. The quantitative estimate of drug-likeness (QED) is 0.723. The van der Waals surface area contributed by atoms with Gasteiger partial charge < -0.3 is 11.1 Å². The zero-order valence-corrected chi connectivity index (χ0v) is 10.8. The highest BCUT2D eigenvalue weighted by atomic mass is 15.0. The molecule has 2 saturated carbocycles. The molecule has 94 valence electrons. The Morgan fingerprint density at radius 1 is 1.06 bits per heavy atom. The molecule has 2 fully saturated rings. The number of hydrogen-bond acceptors (Lipinski definition) is 2. The van der Waals surface area contributed by atoms with Crippen LogP contribution in [0.25, 0.3) is 0 Å². The van der Waals surface area contributed by atoms with Crippen molar-refractivity contribution in [2.24, 2.45) is 11.7 Å². The molecule has 2 atom stereocenters. The van der Waals surface area contributed by atoms with Crippen LogP contribution in [0.15, 0.2) is 0 Å². The predicted octanol–water partition coefficient (Wildman–Crippen LogP) is 2.82. The minimum absolute atomic E-state index is 0.278. The molecule has 0 aromatic heterocycles. The fourth-order valence-electron chi connectivity index (χ4n) is 3.49. The SMILES string of the molecule is CC1CCCC(CN)(NC2CCCC2)CC1. The van der Waals surface area contributed by atoms with Crippen LogP contribution >= 0.6 is 0 Å². The third-order valence-electron chi connectivity index (χ3n) is 4.72. The van der Waals surface area contributed by atoms with E-state index in [1.54, 1.807) is 0 Å². The summed E-state index contributed by atoms with van der Waals surface area (Å²) in [5.74, 6) is 0.902. The van der Waals surface area contributed by atoms with Gasteiger partial charge in [0.1, 0.15) is 0 Å². The molecule has 3 N–H and O–H groups in total. The Hall–Kier alpha value is -0.0800. The Bertz CT molecular complexity index is 211. The van der Waals surface area contributed by atoms with Gasteiger partial charge in [0.05, 0.1) is 0 Å². The fourth-order valence-corrected chi connectivity index (χ4v) is 3.49. The van der Waals surface area contributed by atoms with Crippen molar-refractivity contribution >= 4 is 0 Å². The molecule has 2 heteroatoms. The summed E-state index contributed by atoms with van der Waals surface area (Å²) in [5.41, 5.74) is 6.35. The van der Waals surface area contributed by atoms with Gasteiger partial charge in [-0.25, -0.2) is 0 Å². The van der Waals surface area contributed by atoms with Crippen LogP contribution in [-0.4, -0.2) is 18.1 Å². The lowest BCUT2D eigenvalue weighted by atomic mass is 9.88. The first-order valence-electron chi connectivity index (χ1n) is 7.22. The summed E-state index contributed by atoms with van der Waals surface area (Å²) < 4.78 is 0. The van der Waals surface area contributed by atoms with Crippen molar-refractivity contribution in [2.45, 2.75) is 76.3 Å². The van der Waals surface area contributed by atoms with Crippen molar-refractivity contribution in [3.8, 4) is 0 Å². The van der Waals surface area contributed by atoms with Crippen molar-refractivity contribution in [1.82, 2.24) is 5.32 Å². The largest absolute Gasteiger partial charge is 0.329 e. The fraction of sp³-hybridized carbons (Fsp3) is 1.00. The van der Waals surface area contributed by atoms with Gasteiger partial charge in [0.2, 0.25) is 0 Å². The van der Waals surface area contributed by atoms with E-state index in [1.165, 1.54) is 57.8 Å². The molecule has 2 aliphatic carbocycles. The summed E-state index contributed by atoms with van der Waals surface area (Å²) >= 11 is 0. The molecular weight excluding hydrogens is 196 g/mol. The van der Waals surface area contributed by atoms with E-state index < -0.39 is 0 Å². The minimum atomic E-state index is 0.278. The van der Waals surface area contributed by atoms with Crippen LogP contribution in [0.1, 0.15) is 64.7 Å². The lowest BCUT2D eigenvalue weighted by molar-refractivity contribution is 0.256. The highest BCUT2D eigenvalue weighted by molar-refractivity contribution is 4.94. The molecule has 2 nitrogen and oxygen atoms in total. The van der Waals surface area contributed by atoms with E-state index in [1.807, 2.05) is 0 Å². The molecule has 0 heterocycles. The summed E-state index contributed by atoms with van der Waals surface area (Å²) in [6, 6.07) is 0.761. The van der Waals surface area contributed by atoms with E-state index in [0.29, 0.717) is 0 Å². The number of nitrogens with two attached hydrogens (primary N) is 1. The van der Waals surface area contributed by atoms with Gasteiger partial charge in [0, 0.05) is 18.1 Å². The van der Waals surface area contributed by atoms with Crippen molar-refractivity contribution in [2.75, 3.05) is 6.54 Å². The van der Waals surface area contributed by atoms with E-state index in [2.05, 4.69) is 12.2 Å². The van der Waals surface area contributed by atoms with Crippen LogP contribution in [0, 0.1) is 5.92 Å². The highest BCUT2D eigenvalue weighted by Gasteiger charge is 2.33. The maximum atomic E-state index is 6.07. The van der Waals surface area contributed by atoms with Gasteiger partial charge in [-0.15, -0.1) is 0 Å². The van der Waals surface area contributed by atoms with Crippen molar-refractivity contribution in [3.63, 3.8) is 0 Å². The van der Waals surface area contributed by atoms with Gasteiger partial charge in [-0.2, -0.15) is 0 Å². The molecule has 0 aromatic carbocycles. The Balaban J connectivity index is 1.93. The minimum Gasteiger partial charge on any atom is -0.329 e. The molecule has 0 bridgehead atoms. The molecule has 0 radical (unpaired) electrons. The van der Waals surface area contributed by atoms with Gasteiger partial charge >= 0.3 is 0 Å². The maximum absolute atomic E-state index is 6.07. The zero-order valence-electron chi connectivity index (χ0n) is 10.8. The normalized spacial score (nSPS) is 37.5. The van der Waals surface area contributed by atoms with Crippen LogP contribution in [0.2, 0.25) is 0 Å². The molecule has 0 amide bonds. The van der Waals surface area contributed by atoms with Crippen LogP contribution in [0.3, 0.4) is 0 Å². The second-order valence-electron chi connectivity index (χ2n) is 6.15. The first-order chi connectivity index (χ1) is 7.74. The van der Waals surface area contributed by atoms with E-state index in [-0.39, 0.29) is 5.54 Å². The summed E-state index contributed by atoms with van der Waals surface area (Å²) in [6.07, 6.45) is 12.3. The Kier molecular flexibility index (Phi) is 4.26. The lowest BCUT2D eigenvalue weighted by Gasteiger charge is -2.36. The Labute approximate surface area is 100 Å². The van der Waals surface area contributed by atoms with Crippen LogP contribution in [0.4, 0.5) is 0 Å². The van der Waals surface area contributed by atoms with E-state index in [0.717, 1.165) is 18.5 Å². The van der Waals surface area contributed by atoms with E-state index in [9.17, 15) is 0 Å². The van der Waals surface area contributed by atoms with Crippen LogP contribution in [0.5, 0.6) is 0 Å². The van der Waals surface area contributed by atoms with E-state index >= 15 is 0 Å². The monoisotopic (exact) mass is 224 g/mol. The van der Waals surface area contributed by atoms with Gasteiger partial charge in [-0.05, 0) is 38.0 Å². The highest BCUT2D eigenvalue weighted by Crippen LogP contribution is 2.31. The van der Waals surface area contributed by atoms with Crippen LogP contribution in [-0.2, 0) is 0 Å². The first-order valence-corrected chi connectivity index (χ1v) is 7.22. The summed E-state index contributed by atoms with van der Waals surface area (Å²) in [7, 11) is 0. The zero-order chi connectivity index (χ0) is 11.4. The molecule has 0 saturated heterocycles. The molecule has 2 rings (SSSR count). The molecule has 0 aliphatic heterocycles. The first kappa shape index (κ1) is 12.4. The standard InChI is InChI=1S/C14H28N2/c1-12-5-4-9-14(11-15,10-8-12)16-13-6-2-3-7-13/h12-13,16H,2-11,15H2,1H3. The number of nitrogens with one attached hydrogen (secondary N) is 1. The second kappa shape index (κ2) is 5.50. The average molecular weight is 224 g/mol. The van der Waals surface area contributed by atoms with Crippen molar-refractivity contribution < 1.29 is 0 Å². The molecule has 2 aliphatic rings. The molecule has 2 unspecified atom stereocenters. The average Bonchev–Trinajstić information content (AvgIpc) is 2.71. The smallest absolute Gasteiger partial charge is 0.0306 e. The van der Waals surface area contributed by atoms with E-state index in [4.69, 9.17) is 5.73 Å². The Morgan fingerprint density at radius 2 is 1.81 bits per heavy atom. The third-order valence-corrected chi connectivity index (χ3v) is 4.72. The predicted molar refractivity (Wildman–Crippen MR) is 69.4 cm³/mol. The molecule has 0 spiro atoms. The lowest BCUT2D eigenvalue weighted by Crippen LogP contribution is -2.54. The van der Waals surface area contributed by atoms with Gasteiger partial charge in [0.25, 0.3) is 0 Å². The third kappa shape index (κ3) is 2.98. The summed E-state index contributed by atoms with van der Waals surface area (Å²) in [4.78, 5) is 0. The number of hydrogen-bond donors (Lipinski definition) is 2. The van der Waals surface area contributed by atoms with Crippen molar-refractivity contribution in [1.29, 1.82) is 0 Å². The topological polar surface area (TPSA) is 38.0 Å². The molecule has 0 aromatic rings.